The number of ketones is 1. The van der Waals surface area contributed by atoms with Crippen molar-refractivity contribution in [1.29, 1.82) is 0 Å². The van der Waals surface area contributed by atoms with Gasteiger partial charge in [0.15, 0.2) is 5.78 Å². The molecule has 0 saturated carbocycles. The zero-order valence-electron chi connectivity index (χ0n) is 5.04. The molecule has 9 heavy (non-hydrogen) atoms. The van der Waals surface area contributed by atoms with Gasteiger partial charge in [0.25, 0.3) is 0 Å². The molecule has 48 valence electrons. The molecule has 2 aliphatic rings. The number of hydrogen-bond acceptors (Lipinski definition) is 2. The summed E-state index contributed by atoms with van der Waals surface area (Å²) in [5.41, 5.74) is 0. The minimum absolute atomic E-state index is 0.171. The van der Waals surface area contributed by atoms with E-state index in [9.17, 15) is 4.79 Å². The Morgan fingerprint density at radius 3 is 3.22 bits per heavy atom. The van der Waals surface area contributed by atoms with Gasteiger partial charge in [-0.2, -0.15) is 0 Å². The van der Waals surface area contributed by atoms with Crippen LogP contribution in [0.25, 0.3) is 0 Å². The predicted octanol–water partition coefficient (Wildman–Crippen LogP) is 0.388. The van der Waals surface area contributed by atoms with E-state index in [2.05, 4.69) is 0 Å². The lowest BCUT2D eigenvalue weighted by atomic mass is 10.00. The third-order valence-electron chi connectivity index (χ3n) is 2.00. The molecular formula is C7H8O2. The van der Waals surface area contributed by atoms with E-state index in [1.54, 1.807) is 6.08 Å². The molecule has 1 aliphatic carbocycles. The van der Waals surface area contributed by atoms with Gasteiger partial charge in [0.05, 0.1) is 19.1 Å². The Bertz CT molecular complexity index is 172. The lowest BCUT2D eigenvalue weighted by Gasteiger charge is -2.00. The van der Waals surface area contributed by atoms with E-state index >= 15 is 0 Å². The molecule has 0 aromatic carbocycles. The van der Waals surface area contributed by atoms with Gasteiger partial charge in [0, 0.05) is 5.92 Å². The predicted molar refractivity (Wildman–Crippen MR) is 31.9 cm³/mol. The zero-order chi connectivity index (χ0) is 6.27. The van der Waals surface area contributed by atoms with E-state index in [0.29, 0.717) is 12.5 Å². The first-order valence-electron chi connectivity index (χ1n) is 3.18. The summed E-state index contributed by atoms with van der Waals surface area (Å²) in [5.74, 6) is 0.819. The minimum Gasteiger partial charge on any atom is -0.380 e. The van der Waals surface area contributed by atoms with E-state index in [1.165, 1.54) is 0 Å². The van der Waals surface area contributed by atoms with Crippen LogP contribution >= 0.6 is 0 Å². The molecule has 2 heteroatoms. The van der Waals surface area contributed by atoms with Crippen LogP contribution in [0, 0.1) is 11.8 Å². The maximum atomic E-state index is 10.9. The average Bonchev–Trinajstić information content (AvgIpc) is 2.35. The lowest BCUT2D eigenvalue weighted by Crippen LogP contribution is -2.12. The number of ether oxygens (including phenoxy) is 1. The van der Waals surface area contributed by atoms with E-state index in [4.69, 9.17) is 4.74 Å². The van der Waals surface area contributed by atoms with Crippen LogP contribution in [-0.2, 0) is 9.53 Å². The Labute approximate surface area is 53.5 Å². The summed E-state index contributed by atoms with van der Waals surface area (Å²) in [6.45, 7) is 1.38. The number of carbonyl (C=O) groups excluding carboxylic acids is 1. The fourth-order valence-corrected chi connectivity index (χ4v) is 1.40. The van der Waals surface area contributed by atoms with Crippen molar-refractivity contribution < 1.29 is 9.53 Å². The Hall–Kier alpha value is -0.630. The quantitative estimate of drug-likeness (QED) is 0.467. The Balaban J connectivity index is 2.24. The molecule has 2 atom stereocenters. The number of rotatable bonds is 0. The number of carbonyl (C=O) groups is 1. The number of allylic oxidation sites excluding steroid dienone is 1. The second kappa shape index (κ2) is 1.67. The van der Waals surface area contributed by atoms with Crippen molar-refractivity contribution in [2.24, 2.45) is 11.8 Å². The van der Waals surface area contributed by atoms with Gasteiger partial charge in [-0.3, -0.25) is 4.79 Å². The second-order valence-electron chi connectivity index (χ2n) is 2.57. The molecule has 1 aliphatic heterocycles. The van der Waals surface area contributed by atoms with Crippen LogP contribution in [0.4, 0.5) is 0 Å². The van der Waals surface area contributed by atoms with Crippen molar-refractivity contribution >= 4 is 5.78 Å². The van der Waals surface area contributed by atoms with E-state index in [0.717, 1.165) is 6.61 Å². The molecule has 2 rings (SSSR count). The maximum Gasteiger partial charge on any atom is 0.161 e. The van der Waals surface area contributed by atoms with Gasteiger partial charge in [-0.15, -0.1) is 0 Å². The molecule has 0 radical (unpaired) electrons. The first kappa shape index (κ1) is 5.18. The molecule has 0 spiro atoms. The van der Waals surface area contributed by atoms with Gasteiger partial charge >= 0.3 is 0 Å². The topological polar surface area (TPSA) is 26.3 Å². The van der Waals surface area contributed by atoms with Gasteiger partial charge in [-0.05, 0) is 6.08 Å². The molecule has 1 fully saturated rings. The maximum absolute atomic E-state index is 10.9. The molecule has 0 N–H and O–H groups in total. The Morgan fingerprint density at radius 2 is 2.44 bits per heavy atom. The fraction of sp³-hybridized carbons (Fsp3) is 0.571. The largest absolute Gasteiger partial charge is 0.380 e. The van der Waals surface area contributed by atoms with Gasteiger partial charge in [0.2, 0.25) is 0 Å². The Kier molecular flexibility index (Phi) is 0.963. The SMILES string of the molecule is O=C1C=CC2COCC12. The summed E-state index contributed by atoms with van der Waals surface area (Å²) >= 11 is 0. The van der Waals surface area contributed by atoms with E-state index < -0.39 is 0 Å². The van der Waals surface area contributed by atoms with Gasteiger partial charge < -0.3 is 4.74 Å². The van der Waals surface area contributed by atoms with Crippen LogP contribution in [0.15, 0.2) is 12.2 Å². The smallest absolute Gasteiger partial charge is 0.161 e. The molecule has 0 aromatic rings. The highest BCUT2D eigenvalue weighted by Gasteiger charge is 2.34. The standard InChI is InChI=1S/C7H8O2/c8-7-2-1-5-3-9-4-6(5)7/h1-2,5-6H,3-4H2. The first-order chi connectivity index (χ1) is 4.38. The van der Waals surface area contributed by atoms with Crippen molar-refractivity contribution in [3.8, 4) is 0 Å². The molecule has 1 saturated heterocycles. The average molecular weight is 124 g/mol. The van der Waals surface area contributed by atoms with Crippen molar-refractivity contribution in [2.45, 2.75) is 0 Å². The summed E-state index contributed by atoms with van der Waals surface area (Å²) < 4.78 is 5.11. The summed E-state index contributed by atoms with van der Waals surface area (Å²) in [4.78, 5) is 10.9. The molecule has 1 heterocycles. The fourth-order valence-electron chi connectivity index (χ4n) is 1.40. The van der Waals surface area contributed by atoms with Crippen LogP contribution in [0.1, 0.15) is 0 Å². The molecule has 2 nitrogen and oxygen atoms in total. The van der Waals surface area contributed by atoms with Crippen LogP contribution in [0.5, 0.6) is 0 Å². The van der Waals surface area contributed by atoms with Crippen LogP contribution in [0.3, 0.4) is 0 Å². The molecule has 0 amide bonds. The Morgan fingerprint density at radius 1 is 1.56 bits per heavy atom. The molecule has 0 bridgehead atoms. The normalized spacial score (nSPS) is 39.8. The molecule has 0 aromatic heterocycles. The summed E-state index contributed by atoms with van der Waals surface area (Å²) in [7, 11) is 0. The first-order valence-corrected chi connectivity index (χ1v) is 3.18. The van der Waals surface area contributed by atoms with Crippen LogP contribution < -0.4 is 0 Å². The third-order valence-corrected chi connectivity index (χ3v) is 2.00. The monoisotopic (exact) mass is 124 g/mol. The van der Waals surface area contributed by atoms with E-state index in [1.807, 2.05) is 6.08 Å². The minimum atomic E-state index is 0.171. The van der Waals surface area contributed by atoms with Gasteiger partial charge in [-0.25, -0.2) is 0 Å². The van der Waals surface area contributed by atoms with Crippen molar-refractivity contribution in [3.63, 3.8) is 0 Å². The van der Waals surface area contributed by atoms with Gasteiger partial charge in [-0.1, -0.05) is 6.08 Å². The highest BCUT2D eigenvalue weighted by Crippen LogP contribution is 2.27. The summed E-state index contributed by atoms with van der Waals surface area (Å²) in [5, 5.41) is 0. The molecule has 2 unspecified atom stereocenters. The van der Waals surface area contributed by atoms with Crippen LogP contribution in [0.2, 0.25) is 0 Å². The van der Waals surface area contributed by atoms with Crippen LogP contribution in [-0.4, -0.2) is 19.0 Å². The zero-order valence-corrected chi connectivity index (χ0v) is 5.04. The van der Waals surface area contributed by atoms with Crippen molar-refractivity contribution in [1.82, 2.24) is 0 Å². The van der Waals surface area contributed by atoms with Crippen molar-refractivity contribution in [3.05, 3.63) is 12.2 Å². The lowest BCUT2D eigenvalue weighted by molar-refractivity contribution is -0.117. The second-order valence-corrected chi connectivity index (χ2v) is 2.57. The third kappa shape index (κ3) is 0.630. The van der Waals surface area contributed by atoms with E-state index in [-0.39, 0.29) is 11.7 Å². The van der Waals surface area contributed by atoms with Gasteiger partial charge in [0.1, 0.15) is 0 Å². The summed E-state index contributed by atoms with van der Waals surface area (Å²) in [6, 6.07) is 0. The highest BCUT2D eigenvalue weighted by atomic mass is 16.5. The van der Waals surface area contributed by atoms with Crippen molar-refractivity contribution in [2.75, 3.05) is 13.2 Å². The highest BCUT2D eigenvalue weighted by molar-refractivity contribution is 5.94. The number of hydrogen-bond donors (Lipinski definition) is 0. The molecular weight excluding hydrogens is 116 g/mol. The number of fused-ring (bicyclic) bond motifs is 1. The summed E-state index contributed by atoms with van der Waals surface area (Å²) in [6.07, 6.45) is 3.64.